The molecule has 1 aliphatic carbocycles. The number of fused-ring (bicyclic) bond motifs is 1. The highest BCUT2D eigenvalue weighted by atomic mass is 32.1. The maximum absolute atomic E-state index is 12.5. The third kappa shape index (κ3) is 5.45. The number of hydrogen-bond acceptors (Lipinski definition) is 5. The molecule has 0 atom stereocenters. The van der Waals surface area contributed by atoms with Gasteiger partial charge >= 0.3 is 0 Å². The monoisotopic (exact) mass is 443 g/mol. The molecule has 0 radical (unpaired) electrons. The molecule has 31 heavy (non-hydrogen) atoms. The van der Waals surface area contributed by atoms with Crippen molar-refractivity contribution in [2.24, 2.45) is 5.92 Å². The number of nitrogens with zero attached hydrogens (tertiary/aromatic N) is 1. The van der Waals surface area contributed by atoms with E-state index in [2.05, 4.69) is 33.7 Å². The number of thiophene rings is 1. The summed E-state index contributed by atoms with van der Waals surface area (Å²) < 4.78 is 6.54. The summed E-state index contributed by atoms with van der Waals surface area (Å²) >= 11 is 1.60. The largest absolute Gasteiger partial charge is 0.379 e. The van der Waals surface area contributed by atoms with Crippen molar-refractivity contribution in [1.82, 2.24) is 15.5 Å². The second-order valence-corrected chi connectivity index (χ2v) is 9.70. The van der Waals surface area contributed by atoms with Crippen LogP contribution in [0.25, 0.3) is 10.1 Å². The minimum atomic E-state index is 0.0193. The molecule has 168 valence electrons. The number of amides is 2. The Morgan fingerprint density at radius 1 is 1.13 bits per heavy atom. The van der Waals surface area contributed by atoms with Crippen molar-refractivity contribution in [3.05, 3.63) is 34.7 Å². The standard InChI is InChI=1S/C24H33N3O3S/c1-25-24(29)23-22(19-4-2-3-5-20(19)31-23)18-8-6-17(7-9-18)16-26-21(28)10-11-27-12-14-30-15-13-27/h2-5,17-18H,6-16H2,1H3,(H,25,29)(H,26,28). The Morgan fingerprint density at radius 3 is 2.61 bits per heavy atom. The molecule has 2 aliphatic rings. The second-order valence-electron chi connectivity index (χ2n) is 8.65. The zero-order chi connectivity index (χ0) is 21.6. The normalized spacial score (nSPS) is 22.4. The van der Waals surface area contributed by atoms with Crippen molar-refractivity contribution in [2.45, 2.75) is 38.0 Å². The molecule has 1 aromatic carbocycles. The van der Waals surface area contributed by atoms with E-state index in [4.69, 9.17) is 4.74 Å². The summed E-state index contributed by atoms with van der Waals surface area (Å²) in [5.74, 6) is 1.11. The first-order valence-corrected chi connectivity index (χ1v) is 12.3. The van der Waals surface area contributed by atoms with E-state index in [0.717, 1.165) is 70.0 Å². The summed E-state index contributed by atoms with van der Waals surface area (Å²) in [5, 5.41) is 7.19. The molecule has 1 saturated carbocycles. The van der Waals surface area contributed by atoms with Crippen LogP contribution in [0.2, 0.25) is 0 Å². The van der Waals surface area contributed by atoms with Gasteiger partial charge in [0.2, 0.25) is 5.91 Å². The molecule has 0 bridgehead atoms. The average Bonchev–Trinajstić information content (AvgIpc) is 3.21. The van der Waals surface area contributed by atoms with Crippen LogP contribution < -0.4 is 10.6 Å². The Kier molecular flexibility index (Phi) is 7.58. The highest BCUT2D eigenvalue weighted by Gasteiger charge is 2.29. The fourth-order valence-electron chi connectivity index (χ4n) is 4.84. The Labute approximate surface area is 188 Å². The first-order chi connectivity index (χ1) is 15.2. The van der Waals surface area contributed by atoms with Gasteiger partial charge in [-0.15, -0.1) is 11.3 Å². The van der Waals surface area contributed by atoms with Gasteiger partial charge in [-0.3, -0.25) is 14.5 Å². The van der Waals surface area contributed by atoms with Crippen molar-refractivity contribution in [3.63, 3.8) is 0 Å². The highest BCUT2D eigenvalue weighted by Crippen LogP contribution is 2.43. The predicted octanol–water partition coefficient (Wildman–Crippen LogP) is 3.37. The number of morpholine rings is 1. The quantitative estimate of drug-likeness (QED) is 0.688. The van der Waals surface area contributed by atoms with Gasteiger partial charge in [0.05, 0.1) is 18.1 Å². The summed E-state index contributed by atoms with van der Waals surface area (Å²) in [6.07, 6.45) is 4.88. The fraction of sp³-hybridized carbons (Fsp3) is 0.583. The molecule has 2 aromatic rings. The van der Waals surface area contributed by atoms with Gasteiger partial charge in [-0.25, -0.2) is 0 Å². The molecule has 4 rings (SSSR count). The predicted molar refractivity (Wildman–Crippen MR) is 125 cm³/mol. The third-order valence-corrected chi connectivity index (χ3v) is 7.85. The minimum absolute atomic E-state index is 0.0193. The van der Waals surface area contributed by atoms with Gasteiger partial charge < -0.3 is 15.4 Å². The number of hydrogen-bond donors (Lipinski definition) is 2. The maximum Gasteiger partial charge on any atom is 0.261 e. The Bertz CT molecular complexity index is 899. The van der Waals surface area contributed by atoms with E-state index in [1.165, 1.54) is 15.6 Å². The number of rotatable bonds is 7. The molecule has 1 aromatic heterocycles. The fourth-order valence-corrected chi connectivity index (χ4v) is 6.07. The maximum atomic E-state index is 12.5. The molecule has 1 saturated heterocycles. The number of benzene rings is 1. The molecule has 2 amide bonds. The molecule has 2 heterocycles. The van der Waals surface area contributed by atoms with Gasteiger partial charge in [0, 0.05) is 44.3 Å². The van der Waals surface area contributed by atoms with Crippen molar-refractivity contribution < 1.29 is 14.3 Å². The lowest BCUT2D eigenvalue weighted by molar-refractivity contribution is -0.121. The van der Waals surface area contributed by atoms with Crippen molar-refractivity contribution in [3.8, 4) is 0 Å². The molecular formula is C24H33N3O3S. The van der Waals surface area contributed by atoms with Crippen molar-refractivity contribution in [1.29, 1.82) is 0 Å². The molecule has 7 heteroatoms. The third-order valence-electron chi connectivity index (χ3n) is 6.67. The van der Waals surface area contributed by atoms with Crippen LogP contribution in [-0.2, 0) is 9.53 Å². The minimum Gasteiger partial charge on any atom is -0.379 e. The molecular weight excluding hydrogens is 410 g/mol. The summed E-state index contributed by atoms with van der Waals surface area (Å²) in [5.41, 5.74) is 1.23. The summed E-state index contributed by atoms with van der Waals surface area (Å²) in [6, 6.07) is 8.35. The Balaban J connectivity index is 1.29. The lowest BCUT2D eigenvalue weighted by atomic mass is 9.77. The Morgan fingerprint density at radius 2 is 1.87 bits per heavy atom. The molecule has 1 aliphatic heterocycles. The van der Waals surface area contributed by atoms with E-state index in [9.17, 15) is 9.59 Å². The highest BCUT2D eigenvalue weighted by molar-refractivity contribution is 7.21. The topological polar surface area (TPSA) is 70.7 Å². The van der Waals surface area contributed by atoms with E-state index in [-0.39, 0.29) is 11.8 Å². The van der Waals surface area contributed by atoms with E-state index in [1.807, 2.05) is 6.07 Å². The zero-order valence-electron chi connectivity index (χ0n) is 18.3. The number of carbonyl (C=O) groups is 2. The van der Waals surface area contributed by atoms with E-state index in [0.29, 0.717) is 18.3 Å². The van der Waals surface area contributed by atoms with Gasteiger partial charge in [-0.1, -0.05) is 18.2 Å². The van der Waals surface area contributed by atoms with Crippen LogP contribution in [0.1, 0.15) is 53.3 Å². The SMILES string of the molecule is CNC(=O)c1sc2ccccc2c1C1CCC(CNC(=O)CCN2CCOCC2)CC1. The second kappa shape index (κ2) is 10.6. The van der Waals surface area contributed by atoms with Crippen LogP contribution in [-0.4, -0.2) is 63.2 Å². The lowest BCUT2D eigenvalue weighted by Crippen LogP contribution is -2.39. The van der Waals surface area contributed by atoms with Gasteiger partial charge in [-0.05, 0) is 54.5 Å². The molecule has 2 fully saturated rings. The van der Waals surface area contributed by atoms with Gasteiger partial charge in [-0.2, -0.15) is 0 Å². The number of ether oxygens (including phenoxy) is 1. The zero-order valence-corrected chi connectivity index (χ0v) is 19.1. The van der Waals surface area contributed by atoms with Crippen LogP contribution in [0.4, 0.5) is 0 Å². The first kappa shape index (κ1) is 22.2. The summed E-state index contributed by atoms with van der Waals surface area (Å²) in [6.45, 7) is 4.97. The van der Waals surface area contributed by atoms with Crippen molar-refractivity contribution in [2.75, 3.05) is 46.4 Å². The van der Waals surface area contributed by atoms with E-state index in [1.54, 1.807) is 18.4 Å². The van der Waals surface area contributed by atoms with Crippen LogP contribution in [0.3, 0.4) is 0 Å². The van der Waals surface area contributed by atoms with Crippen LogP contribution >= 0.6 is 11.3 Å². The molecule has 0 unspecified atom stereocenters. The number of carbonyl (C=O) groups excluding carboxylic acids is 2. The van der Waals surface area contributed by atoms with Gasteiger partial charge in [0.15, 0.2) is 0 Å². The summed E-state index contributed by atoms with van der Waals surface area (Å²) in [4.78, 5) is 27.9. The lowest BCUT2D eigenvalue weighted by Gasteiger charge is -2.29. The van der Waals surface area contributed by atoms with Crippen molar-refractivity contribution >= 4 is 33.2 Å². The van der Waals surface area contributed by atoms with Crippen LogP contribution in [0.15, 0.2) is 24.3 Å². The van der Waals surface area contributed by atoms with E-state index < -0.39 is 0 Å². The van der Waals surface area contributed by atoms with Crippen LogP contribution in [0.5, 0.6) is 0 Å². The average molecular weight is 444 g/mol. The Hall–Kier alpha value is -1.96. The first-order valence-electron chi connectivity index (χ1n) is 11.5. The van der Waals surface area contributed by atoms with Gasteiger partial charge in [0.25, 0.3) is 5.91 Å². The van der Waals surface area contributed by atoms with Gasteiger partial charge in [0.1, 0.15) is 0 Å². The van der Waals surface area contributed by atoms with E-state index >= 15 is 0 Å². The molecule has 0 spiro atoms. The number of nitrogens with one attached hydrogen (secondary N) is 2. The van der Waals surface area contributed by atoms with Crippen LogP contribution in [0, 0.1) is 5.92 Å². The molecule has 2 N–H and O–H groups in total. The smallest absolute Gasteiger partial charge is 0.261 e. The summed E-state index contributed by atoms with van der Waals surface area (Å²) in [7, 11) is 1.70. The molecule has 6 nitrogen and oxygen atoms in total.